The van der Waals surface area contributed by atoms with Crippen molar-refractivity contribution in [3.8, 4) is 0 Å². The number of hydrogen-bond donors (Lipinski definition) is 2. The van der Waals surface area contributed by atoms with Crippen LogP contribution in [0.15, 0.2) is 24.3 Å². The molecule has 0 aliphatic carbocycles. The van der Waals surface area contributed by atoms with E-state index in [-0.39, 0.29) is 23.8 Å². The normalized spacial score (nSPS) is 17.3. The van der Waals surface area contributed by atoms with Gasteiger partial charge in [-0.25, -0.2) is 0 Å². The lowest BCUT2D eigenvalue weighted by Crippen LogP contribution is -2.48. The highest BCUT2D eigenvalue weighted by Gasteiger charge is 2.27. The first-order valence-corrected chi connectivity index (χ1v) is 12.2. The zero-order valence-electron chi connectivity index (χ0n) is 20.0. The first-order chi connectivity index (χ1) is 15.0. The second-order valence-corrected chi connectivity index (χ2v) is 8.66. The smallest absolute Gasteiger partial charge is 0.255 e. The predicted molar refractivity (Wildman–Crippen MR) is 128 cm³/mol. The third-order valence-corrected chi connectivity index (χ3v) is 6.00. The zero-order chi connectivity index (χ0) is 22.6. The summed E-state index contributed by atoms with van der Waals surface area (Å²) in [6, 6.07) is 7.95. The molecular formula is C25H42N4O2. The largest absolute Gasteiger partial charge is 0.380 e. The summed E-state index contributed by atoms with van der Waals surface area (Å²) in [7, 11) is 0. The molecule has 1 saturated heterocycles. The molecule has 6 heteroatoms. The van der Waals surface area contributed by atoms with Crippen molar-refractivity contribution in [3.63, 3.8) is 0 Å². The fraction of sp³-hybridized carbons (Fsp3) is 0.680. The van der Waals surface area contributed by atoms with E-state index >= 15 is 0 Å². The molecule has 1 fully saturated rings. The van der Waals surface area contributed by atoms with E-state index in [1.807, 2.05) is 47.9 Å². The number of rotatable bonds is 12. The molecule has 2 N–H and O–H groups in total. The van der Waals surface area contributed by atoms with Crippen molar-refractivity contribution < 1.29 is 9.59 Å². The molecule has 0 radical (unpaired) electrons. The van der Waals surface area contributed by atoms with Gasteiger partial charge in [-0.05, 0) is 51.3 Å². The Morgan fingerprint density at radius 2 is 1.97 bits per heavy atom. The fourth-order valence-electron chi connectivity index (χ4n) is 4.13. The highest BCUT2D eigenvalue weighted by molar-refractivity contribution is 5.99. The van der Waals surface area contributed by atoms with Crippen LogP contribution < -0.4 is 10.6 Å². The van der Waals surface area contributed by atoms with Gasteiger partial charge in [0.1, 0.15) is 0 Å². The van der Waals surface area contributed by atoms with Crippen molar-refractivity contribution in [2.24, 2.45) is 5.92 Å². The zero-order valence-corrected chi connectivity index (χ0v) is 20.0. The molecule has 0 aromatic heterocycles. The summed E-state index contributed by atoms with van der Waals surface area (Å²) >= 11 is 0. The van der Waals surface area contributed by atoms with Crippen LogP contribution in [0.5, 0.6) is 0 Å². The molecule has 1 aliphatic rings. The van der Waals surface area contributed by atoms with Gasteiger partial charge in [-0.2, -0.15) is 0 Å². The van der Waals surface area contributed by atoms with Gasteiger partial charge < -0.3 is 20.4 Å². The molecule has 174 valence electrons. The number of para-hydroxylation sites is 1. The molecule has 2 rings (SSSR count). The Balaban J connectivity index is 2.02. The molecule has 1 unspecified atom stereocenters. The quantitative estimate of drug-likeness (QED) is 0.492. The molecule has 0 spiro atoms. The van der Waals surface area contributed by atoms with Crippen molar-refractivity contribution in [3.05, 3.63) is 29.8 Å². The average Bonchev–Trinajstić information content (AvgIpc) is 2.79. The molecule has 6 nitrogen and oxygen atoms in total. The molecule has 0 bridgehead atoms. The minimum absolute atomic E-state index is 0.0177. The van der Waals surface area contributed by atoms with Crippen LogP contribution in [0.4, 0.5) is 5.69 Å². The minimum atomic E-state index is -0.0177. The molecule has 1 aromatic carbocycles. The molecule has 1 aliphatic heterocycles. The summed E-state index contributed by atoms with van der Waals surface area (Å²) in [6.07, 6.45) is 5.14. The van der Waals surface area contributed by atoms with Crippen molar-refractivity contribution in [1.82, 2.24) is 15.1 Å². The number of piperidine rings is 1. The molecule has 31 heavy (non-hydrogen) atoms. The number of hydrogen-bond acceptors (Lipinski definition) is 4. The van der Waals surface area contributed by atoms with E-state index in [1.54, 1.807) is 0 Å². The lowest BCUT2D eigenvalue weighted by molar-refractivity contribution is -0.135. The van der Waals surface area contributed by atoms with E-state index in [4.69, 9.17) is 0 Å². The number of nitrogens with one attached hydrogen (secondary N) is 2. The number of unbranched alkanes of at least 4 members (excludes halogenated alkanes) is 1. The van der Waals surface area contributed by atoms with Crippen LogP contribution in [0.25, 0.3) is 0 Å². The van der Waals surface area contributed by atoms with E-state index < -0.39 is 0 Å². The average molecular weight is 431 g/mol. The molecule has 1 aromatic rings. The second-order valence-electron chi connectivity index (χ2n) is 8.66. The summed E-state index contributed by atoms with van der Waals surface area (Å²) in [5.41, 5.74) is 1.60. The highest BCUT2D eigenvalue weighted by Crippen LogP contribution is 2.22. The third-order valence-electron chi connectivity index (χ3n) is 6.00. The first-order valence-electron chi connectivity index (χ1n) is 12.2. The Labute approximate surface area is 188 Å². The number of benzene rings is 1. The maximum Gasteiger partial charge on any atom is 0.255 e. The third kappa shape index (κ3) is 7.53. The van der Waals surface area contributed by atoms with E-state index in [1.165, 1.54) is 0 Å². The number of anilines is 1. The molecule has 2 amide bonds. The van der Waals surface area contributed by atoms with Crippen LogP contribution in [0.2, 0.25) is 0 Å². The predicted octanol–water partition coefficient (Wildman–Crippen LogP) is 3.99. The number of carbonyl (C=O) groups excluding carboxylic acids is 2. The van der Waals surface area contributed by atoms with Crippen molar-refractivity contribution >= 4 is 17.5 Å². The van der Waals surface area contributed by atoms with E-state index in [0.29, 0.717) is 13.1 Å². The Kier molecular flexibility index (Phi) is 10.9. The van der Waals surface area contributed by atoms with Crippen LogP contribution in [0.1, 0.15) is 70.2 Å². The molecule has 2 atom stereocenters. The van der Waals surface area contributed by atoms with Gasteiger partial charge in [0, 0.05) is 50.4 Å². The van der Waals surface area contributed by atoms with Gasteiger partial charge in [-0.15, -0.1) is 0 Å². The van der Waals surface area contributed by atoms with Crippen LogP contribution in [0.3, 0.4) is 0 Å². The Hall–Kier alpha value is -2.08. The maximum absolute atomic E-state index is 13.1. The van der Waals surface area contributed by atoms with E-state index in [0.717, 1.165) is 69.5 Å². The lowest BCUT2D eigenvalue weighted by atomic mass is 10.0. The summed E-state index contributed by atoms with van der Waals surface area (Å²) in [5.74, 6) is 0.283. The van der Waals surface area contributed by atoms with Crippen molar-refractivity contribution in [2.75, 3.05) is 44.6 Å². The van der Waals surface area contributed by atoms with Crippen molar-refractivity contribution in [1.29, 1.82) is 0 Å². The van der Waals surface area contributed by atoms with Crippen LogP contribution >= 0.6 is 0 Å². The van der Waals surface area contributed by atoms with Crippen LogP contribution in [-0.4, -0.2) is 66.9 Å². The second kappa shape index (κ2) is 13.4. The van der Waals surface area contributed by atoms with Crippen LogP contribution in [0, 0.1) is 5.92 Å². The summed E-state index contributed by atoms with van der Waals surface area (Å²) in [6.45, 7) is 13.0. The minimum Gasteiger partial charge on any atom is -0.380 e. The first kappa shape index (κ1) is 25.2. The Morgan fingerprint density at radius 1 is 1.19 bits per heavy atom. The monoisotopic (exact) mass is 430 g/mol. The number of likely N-dealkylation sites (tertiary alicyclic amines) is 1. The summed E-state index contributed by atoms with van der Waals surface area (Å²) in [4.78, 5) is 29.9. The van der Waals surface area contributed by atoms with Gasteiger partial charge in [0.25, 0.3) is 5.91 Å². The lowest BCUT2D eigenvalue weighted by Gasteiger charge is -2.35. The molecular weight excluding hydrogens is 388 g/mol. The van der Waals surface area contributed by atoms with E-state index in [9.17, 15) is 9.59 Å². The molecule has 0 saturated carbocycles. The summed E-state index contributed by atoms with van der Waals surface area (Å²) in [5, 5.41) is 6.94. The summed E-state index contributed by atoms with van der Waals surface area (Å²) < 4.78 is 0. The van der Waals surface area contributed by atoms with E-state index in [2.05, 4.69) is 24.5 Å². The fourth-order valence-corrected chi connectivity index (χ4v) is 4.13. The van der Waals surface area contributed by atoms with Gasteiger partial charge in [-0.3, -0.25) is 9.59 Å². The number of carbonyl (C=O) groups is 2. The molecule has 1 heterocycles. The number of nitrogens with zero attached hydrogens (tertiary/aromatic N) is 2. The van der Waals surface area contributed by atoms with Crippen molar-refractivity contribution in [2.45, 2.75) is 65.8 Å². The number of amides is 2. The van der Waals surface area contributed by atoms with Crippen LogP contribution in [-0.2, 0) is 4.79 Å². The topological polar surface area (TPSA) is 64.7 Å². The Bertz CT molecular complexity index is 694. The maximum atomic E-state index is 13.1. The standard InChI is InChI=1S/C25H42N4O2/c1-5-8-16-28(7-3)25(31)22-13-9-10-14-23(22)27-21-12-11-17-29(19-21)24(30)20(4)18-26-15-6-2/h9-10,13-14,20-21,26-27H,5-8,11-12,15-19H2,1-4H3/t20?,21-/m1/s1. The SMILES string of the molecule is CCCCN(CC)C(=O)c1ccccc1N[C@@H]1CCCN(C(=O)C(C)CNCCC)C1. The van der Waals surface area contributed by atoms with Gasteiger partial charge in [0.15, 0.2) is 0 Å². The Morgan fingerprint density at radius 3 is 2.68 bits per heavy atom. The van der Waals surface area contributed by atoms with Gasteiger partial charge >= 0.3 is 0 Å². The van der Waals surface area contributed by atoms with Gasteiger partial charge in [-0.1, -0.05) is 39.3 Å². The van der Waals surface area contributed by atoms with Gasteiger partial charge in [0.05, 0.1) is 5.56 Å². The van der Waals surface area contributed by atoms with Gasteiger partial charge in [0.2, 0.25) is 5.91 Å². The highest BCUT2D eigenvalue weighted by atomic mass is 16.2.